The second-order valence-corrected chi connectivity index (χ2v) is 9.63. The summed E-state index contributed by atoms with van der Waals surface area (Å²) in [7, 11) is -3.53. The zero-order valence-corrected chi connectivity index (χ0v) is 18.3. The van der Waals surface area contributed by atoms with Gasteiger partial charge in [-0.05, 0) is 42.7 Å². The lowest BCUT2D eigenvalue weighted by molar-refractivity contribution is -0.122. The van der Waals surface area contributed by atoms with Crippen molar-refractivity contribution in [1.29, 1.82) is 0 Å². The van der Waals surface area contributed by atoms with Crippen molar-refractivity contribution in [3.05, 3.63) is 64.2 Å². The highest BCUT2D eigenvalue weighted by Gasteiger charge is 2.30. The van der Waals surface area contributed by atoms with Gasteiger partial charge in [0.15, 0.2) is 0 Å². The molecule has 1 amide bonds. The molecular formula is C21H26ClN3O3S. The Hall–Kier alpha value is -1.93. The molecule has 3 rings (SSSR count). The molecule has 0 atom stereocenters. The van der Waals surface area contributed by atoms with Crippen LogP contribution in [0.15, 0.2) is 47.4 Å². The molecule has 8 heteroatoms. The first-order valence-corrected chi connectivity index (χ1v) is 11.4. The largest absolute Gasteiger partial charge is 0.351 e. The fourth-order valence-electron chi connectivity index (χ4n) is 3.35. The number of benzene rings is 2. The molecule has 156 valence electrons. The summed E-state index contributed by atoms with van der Waals surface area (Å²) < 4.78 is 27.5. The number of hydrogen-bond donors (Lipinski definition) is 1. The number of rotatable bonds is 6. The quantitative estimate of drug-likeness (QED) is 0.757. The fraction of sp³-hybridized carbons (Fsp3) is 0.381. The molecule has 1 aliphatic heterocycles. The summed E-state index contributed by atoms with van der Waals surface area (Å²) in [6.07, 6.45) is 0. The number of sulfonamides is 1. The Morgan fingerprint density at radius 1 is 1.07 bits per heavy atom. The molecule has 0 aromatic heterocycles. The number of piperazine rings is 1. The number of carbonyl (C=O) groups is 1. The van der Waals surface area contributed by atoms with Gasteiger partial charge in [0.1, 0.15) is 0 Å². The van der Waals surface area contributed by atoms with Gasteiger partial charge >= 0.3 is 0 Å². The summed E-state index contributed by atoms with van der Waals surface area (Å²) in [6, 6.07) is 12.9. The normalized spacial score (nSPS) is 16.0. The first kappa shape index (κ1) is 21.8. The number of hydrogen-bond acceptors (Lipinski definition) is 4. The smallest absolute Gasteiger partial charge is 0.243 e. The Kier molecular flexibility index (Phi) is 6.95. The van der Waals surface area contributed by atoms with E-state index in [1.54, 1.807) is 12.1 Å². The number of nitrogens with zero attached hydrogens (tertiary/aromatic N) is 2. The Labute approximate surface area is 177 Å². The third-order valence-electron chi connectivity index (χ3n) is 5.09. The fourth-order valence-corrected chi connectivity index (χ4v) is 5.28. The van der Waals surface area contributed by atoms with Crippen LogP contribution in [0, 0.1) is 13.8 Å². The molecule has 0 radical (unpaired) electrons. The molecule has 0 aliphatic carbocycles. The van der Waals surface area contributed by atoms with E-state index >= 15 is 0 Å². The summed E-state index contributed by atoms with van der Waals surface area (Å²) in [5, 5.41) is 3.49. The number of halogens is 1. The maximum Gasteiger partial charge on any atom is 0.243 e. The van der Waals surface area contributed by atoms with E-state index in [9.17, 15) is 13.2 Å². The summed E-state index contributed by atoms with van der Waals surface area (Å²) in [5.74, 6) is -0.101. The van der Waals surface area contributed by atoms with Gasteiger partial charge in [0.2, 0.25) is 15.9 Å². The molecule has 1 fully saturated rings. The number of carbonyl (C=O) groups excluding carboxylic acids is 1. The Morgan fingerprint density at radius 2 is 1.76 bits per heavy atom. The minimum Gasteiger partial charge on any atom is -0.351 e. The SMILES string of the molecule is Cc1ccc(C)c(S(=O)(=O)N2CCN(CC(=O)NCc3ccccc3Cl)CC2)c1. The third-order valence-corrected chi connectivity index (χ3v) is 7.50. The minimum absolute atomic E-state index is 0.101. The first-order chi connectivity index (χ1) is 13.8. The topological polar surface area (TPSA) is 69.7 Å². The molecular weight excluding hydrogens is 410 g/mol. The monoisotopic (exact) mass is 435 g/mol. The second kappa shape index (κ2) is 9.26. The highest BCUT2D eigenvalue weighted by Crippen LogP contribution is 2.22. The van der Waals surface area contributed by atoms with Crippen molar-refractivity contribution in [3.8, 4) is 0 Å². The van der Waals surface area contributed by atoms with E-state index in [-0.39, 0.29) is 12.5 Å². The first-order valence-electron chi connectivity index (χ1n) is 9.57. The van der Waals surface area contributed by atoms with E-state index < -0.39 is 10.0 Å². The standard InChI is InChI=1S/C21H26ClN3O3S/c1-16-7-8-17(2)20(13-16)29(27,28)25-11-9-24(10-12-25)15-21(26)23-14-18-5-3-4-6-19(18)22/h3-8,13H,9-12,14-15H2,1-2H3,(H,23,26). The molecule has 0 bridgehead atoms. The van der Waals surface area contributed by atoms with Crippen LogP contribution in [0.1, 0.15) is 16.7 Å². The Morgan fingerprint density at radius 3 is 2.45 bits per heavy atom. The Bertz CT molecular complexity index is 986. The average molecular weight is 436 g/mol. The van der Waals surface area contributed by atoms with Crippen LogP contribution in [0.2, 0.25) is 5.02 Å². The van der Waals surface area contributed by atoms with Gasteiger partial charge in [-0.3, -0.25) is 9.69 Å². The van der Waals surface area contributed by atoms with Gasteiger partial charge in [0.05, 0.1) is 11.4 Å². The predicted octanol–water partition coefficient (Wildman–Crippen LogP) is 2.58. The molecule has 29 heavy (non-hydrogen) atoms. The molecule has 6 nitrogen and oxygen atoms in total. The van der Waals surface area contributed by atoms with Crippen LogP contribution in [0.25, 0.3) is 0 Å². The van der Waals surface area contributed by atoms with Gasteiger partial charge < -0.3 is 5.32 Å². The number of aryl methyl sites for hydroxylation is 2. The lowest BCUT2D eigenvalue weighted by atomic mass is 10.2. The van der Waals surface area contributed by atoms with Crippen LogP contribution in [0.4, 0.5) is 0 Å². The zero-order chi connectivity index (χ0) is 21.0. The molecule has 1 heterocycles. The lowest BCUT2D eigenvalue weighted by Gasteiger charge is -2.33. The zero-order valence-electron chi connectivity index (χ0n) is 16.7. The van der Waals surface area contributed by atoms with E-state index in [0.29, 0.717) is 42.6 Å². The van der Waals surface area contributed by atoms with Crippen molar-refractivity contribution < 1.29 is 13.2 Å². The van der Waals surface area contributed by atoms with Crippen molar-refractivity contribution >= 4 is 27.5 Å². The van der Waals surface area contributed by atoms with Gasteiger partial charge in [-0.2, -0.15) is 4.31 Å². The predicted molar refractivity (Wildman–Crippen MR) is 114 cm³/mol. The van der Waals surface area contributed by atoms with Crippen molar-refractivity contribution in [2.75, 3.05) is 32.7 Å². The van der Waals surface area contributed by atoms with Gasteiger partial charge in [-0.15, -0.1) is 0 Å². The summed E-state index contributed by atoms with van der Waals surface area (Å²) >= 11 is 6.11. The maximum absolute atomic E-state index is 13.0. The van der Waals surface area contributed by atoms with Crippen molar-refractivity contribution in [2.24, 2.45) is 0 Å². The Balaban J connectivity index is 1.53. The van der Waals surface area contributed by atoms with Crippen LogP contribution >= 0.6 is 11.6 Å². The molecule has 1 aliphatic rings. The summed E-state index contributed by atoms with van der Waals surface area (Å²) in [5.41, 5.74) is 2.53. The maximum atomic E-state index is 13.0. The highest BCUT2D eigenvalue weighted by atomic mass is 35.5. The molecule has 0 spiro atoms. The number of amides is 1. The molecule has 1 saturated heterocycles. The van der Waals surface area contributed by atoms with E-state index in [0.717, 1.165) is 16.7 Å². The van der Waals surface area contributed by atoms with Crippen LogP contribution < -0.4 is 5.32 Å². The van der Waals surface area contributed by atoms with Gasteiger partial charge in [0, 0.05) is 37.7 Å². The van der Waals surface area contributed by atoms with E-state index in [1.165, 1.54) is 4.31 Å². The summed E-state index contributed by atoms with van der Waals surface area (Å²) in [6.45, 7) is 6.08. The van der Waals surface area contributed by atoms with Crippen molar-refractivity contribution in [1.82, 2.24) is 14.5 Å². The van der Waals surface area contributed by atoms with Crippen LogP contribution in [0.3, 0.4) is 0 Å². The van der Waals surface area contributed by atoms with Gasteiger partial charge in [0.25, 0.3) is 0 Å². The average Bonchev–Trinajstić information content (AvgIpc) is 2.69. The van der Waals surface area contributed by atoms with Crippen LogP contribution in [0.5, 0.6) is 0 Å². The van der Waals surface area contributed by atoms with Crippen molar-refractivity contribution in [3.63, 3.8) is 0 Å². The van der Waals surface area contributed by atoms with Crippen molar-refractivity contribution in [2.45, 2.75) is 25.3 Å². The number of nitrogens with one attached hydrogen (secondary N) is 1. The van der Waals surface area contributed by atoms with Gasteiger partial charge in [-0.25, -0.2) is 8.42 Å². The van der Waals surface area contributed by atoms with E-state index in [2.05, 4.69) is 5.32 Å². The van der Waals surface area contributed by atoms with E-state index in [1.807, 2.05) is 49.1 Å². The van der Waals surface area contributed by atoms with Crippen LogP contribution in [-0.4, -0.2) is 56.3 Å². The molecule has 2 aromatic rings. The van der Waals surface area contributed by atoms with E-state index in [4.69, 9.17) is 11.6 Å². The molecule has 2 aromatic carbocycles. The third kappa shape index (κ3) is 5.36. The second-order valence-electron chi connectivity index (χ2n) is 7.32. The molecule has 1 N–H and O–H groups in total. The van der Waals surface area contributed by atoms with Crippen LogP contribution in [-0.2, 0) is 21.4 Å². The highest BCUT2D eigenvalue weighted by molar-refractivity contribution is 7.89. The summed E-state index contributed by atoms with van der Waals surface area (Å²) in [4.78, 5) is 14.6. The van der Waals surface area contributed by atoms with Gasteiger partial charge in [-0.1, -0.05) is 41.9 Å². The molecule has 0 unspecified atom stereocenters. The minimum atomic E-state index is -3.53. The lowest BCUT2D eigenvalue weighted by Crippen LogP contribution is -2.51. The molecule has 0 saturated carbocycles.